The topological polar surface area (TPSA) is 73.8 Å². The lowest BCUT2D eigenvalue weighted by Gasteiger charge is -2.09. The maximum absolute atomic E-state index is 12.8. The van der Waals surface area contributed by atoms with Crippen molar-refractivity contribution in [3.8, 4) is 21.8 Å². The summed E-state index contributed by atoms with van der Waals surface area (Å²) in [5.74, 6) is 0. The van der Waals surface area contributed by atoms with Gasteiger partial charge in [-0.2, -0.15) is 0 Å². The van der Waals surface area contributed by atoms with Crippen molar-refractivity contribution in [1.82, 2.24) is 14.5 Å². The molecule has 2 N–H and O–H groups in total. The molecule has 3 heterocycles. The molecule has 0 aliphatic carbocycles. The number of benzene rings is 1. The maximum atomic E-state index is 12.8. The molecule has 0 saturated carbocycles. The molecule has 0 fully saturated rings. The summed E-state index contributed by atoms with van der Waals surface area (Å²) in [5.41, 5.74) is 8.73. The number of thiazole rings is 1. The van der Waals surface area contributed by atoms with E-state index < -0.39 is 0 Å². The first-order valence-electron chi connectivity index (χ1n) is 7.47. The van der Waals surface area contributed by atoms with Gasteiger partial charge in [-0.1, -0.05) is 18.2 Å². The highest BCUT2D eigenvalue weighted by atomic mass is 32.1. The third kappa shape index (κ3) is 2.42. The van der Waals surface area contributed by atoms with Crippen molar-refractivity contribution in [2.45, 2.75) is 6.67 Å². The minimum absolute atomic E-state index is 0.122. The standard InChI is InChI=1S/C18H14N4OS/c19-11-22-16-4-2-1-3-13(16)9-14(18(22)23)15-10-24-17(21-15)12-5-7-20-8-6-12/h1-10H,11,19H2. The molecule has 24 heavy (non-hydrogen) atoms. The van der Waals surface area contributed by atoms with E-state index in [1.54, 1.807) is 17.0 Å². The van der Waals surface area contributed by atoms with Crippen LogP contribution in [0.15, 0.2) is 65.0 Å². The third-order valence-electron chi connectivity index (χ3n) is 3.89. The first-order valence-corrected chi connectivity index (χ1v) is 8.35. The predicted octanol–water partition coefficient (Wildman–Crippen LogP) is 3.10. The Kier molecular flexibility index (Phi) is 3.68. The lowest BCUT2D eigenvalue weighted by atomic mass is 10.1. The Balaban J connectivity index is 1.90. The van der Waals surface area contributed by atoms with Gasteiger partial charge in [0.25, 0.3) is 5.56 Å². The van der Waals surface area contributed by atoms with Gasteiger partial charge < -0.3 is 5.73 Å². The molecule has 4 rings (SSSR count). The number of nitrogens with zero attached hydrogens (tertiary/aromatic N) is 3. The van der Waals surface area contributed by atoms with Crippen LogP contribution >= 0.6 is 11.3 Å². The number of hydrogen-bond acceptors (Lipinski definition) is 5. The van der Waals surface area contributed by atoms with Crippen molar-refractivity contribution in [1.29, 1.82) is 0 Å². The molecule has 0 aliphatic heterocycles. The highest BCUT2D eigenvalue weighted by Gasteiger charge is 2.13. The molecule has 118 valence electrons. The molecule has 1 aromatic carbocycles. The number of para-hydroxylation sites is 1. The van der Waals surface area contributed by atoms with E-state index in [4.69, 9.17) is 5.73 Å². The van der Waals surface area contributed by atoms with Gasteiger partial charge in [0.15, 0.2) is 0 Å². The third-order valence-corrected chi connectivity index (χ3v) is 4.78. The summed E-state index contributed by atoms with van der Waals surface area (Å²) in [6.45, 7) is 0.133. The first kappa shape index (κ1) is 14.7. The maximum Gasteiger partial charge on any atom is 0.261 e. The van der Waals surface area contributed by atoms with E-state index in [-0.39, 0.29) is 12.2 Å². The summed E-state index contributed by atoms with van der Waals surface area (Å²) in [4.78, 5) is 21.4. The van der Waals surface area contributed by atoms with Crippen molar-refractivity contribution < 1.29 is 0 Å². The molecule has 0 saturated heterocycles. The molecule has 5 nitrogen and oxygen atoms in total. The summed E-state index contributed by atoms with van der Waals surface area (Å²) in [7, 11) is 0. The smallest absolute Gasteiger partial charge is 0.261 e. The highest BCUT2D eigenvalue weighted by Crippen LogP contribution is 2.28. The van der Waals surface area contributed by atoms with Crippen LogP contribution in [0, 0.1) is 0 Å². The van der Waals surface area contributed by atoms with Crippen LogP contribution in [0.3, 0.4) is 0 Å². The Morgan fingerprint density at radius 1 is 1.12 bits per heavy atom. The van der Waals surface area contributed by atoms with Crippen LogP contribution < -0.4 is 11.3 Å². The second kappa shape index (κ2) is 5.99. The Hall–Kier alpha value is -2.83. The van der Waals surface area contributed by atoms with Crippen LogP contribution in [0.25, 0.3) is 32.7 Å². The minimum Gasteiger partial charge on any atom is -0.313 e. The van der Waals surface area contributed by atoms with Crippen molar-refractivity contribution in [3.63, 3.8) is 0 Å². The lowest BCUT2D eigenvalue weighted by molar-refractivity contribution is 0.732. The highest BCUT2D eigenvalue weighted by molar-refractivity contribution is 7.13. The number of fused-ring (bicyclic) bond motifs is 1. The molecule has 0 bridgehead atoms. The molecule has 0 spiro atoms. The number of nitrogens with two attached hydrogens (primary N) is 1. The average molecular weight is 334 g/mol. The summed E-state index contributed by atoms with van der Waals surface area (Å²) in [6, 6.07) is 13.4. The molecule has 0 unspecified atom stereocenters. The van der Waals surface area contributed by atoms with E-state index in [9.17, 15) is 4.79 Å². The fourth-order valence-corrected chi connectivity index (χ4v) is 3.54. The van der Waals surface area contributed by atoms with E-state index in [0.29, 0.717) is 11.3 Å². The molecular formula is C18H14N4OS. The normalized spacial score (nSPS) is 11.0. The van der Waals surface area contributed by atoms with E-state index >= 15 is 0 Å². The zero-order valence-corrected chi connectivity index (χ0v) is 13.5. The fraction of sp³-hybridized carbons (Fsp3) is 0.0556. The molecular weight excluding hydrogens is 320 g/mol. The van der Waals surface area contributed by atoms with Gasteiger partial charge in [0.1, 0.15) is 5.01 Å². The van der Waals surface area contributed by atoms with Gasteiger partial charge in [0, 0.05) is 23.3 Å². The van der Waals surface area contributed by atoms with Crippen molar-refractivity contribution >= 4 is 22.2 Å². The van der Waals surface area contributed by atoms with Crippen LogP contribution in [-0.4, -0.2) is 14.5 Å². The average Bonchev–Trinajstić information content (AvgIpc) is 3.12. The summed E-state index contributed by atoms with van der Waals surface area (Å²) >= 11 is 1.51. The van der Waals surface area contributed by atoms with Gasteiger partial charge in [-0.05, 0) is 29.7 Å². The fourth-order valence-electron chi connectivity index (χ4n) is 2.72. The van der Waals surface area contributed by atoms with Crippen molar-refractivity contribution in [2.75, 3.05) is 0 Å². The van der Waals surface area contributed by atoms with Gasteiger partial charge in [0.05, 0.1) is 23.4 Å². The first-order chi connectivity index (χ1) is 11.8. The summed E-state index contributed by atoms with van der Waals surface area (Å²) in [5, 5.41) is 3.73. The largest absolute Gasteiger partial charge is 0.313 e. The molecule has 0 amide bonds. The SMILES string of the molecule is NCn1c(=O)c(-c2csc(-c3ccncc3)n2)cc2ccccc21. The van der Waals surface area contributed by atoms with Crippen LogP contribution in [0.5, 0.6) is 0 Å². The molecule has 0 aliphatic rings. The minimum atomic E-state index is -0.122. The zero-order chi connectivity index (χ0) is 16.5. The number of hydrogen-bond donors (Lipinski definition) is 1. The second-order valence-electron chi connectivity index (χ2n) is 5.31. The van der Waals surface area contributed by atoms with Gasteiger partial charge in [-0.15, -0.1) is 11.3 Å². The van der Waals surface area contributed by atoms with E-state index in [0.717, 1.165) is 21.5 Å². The zero-order valence-electron chi connectivity index (χ0n) is 12.7. The Morgan fingerprint density at radius 3 is 2.71 bits per heavy atom. The molecule has 0 radical (unpaired) electrons. The monoisotopic (exact) mass is 334 g/mol. The van der Waals surface area contributed by atoms with E-state index in [1.807, 2.05) is 47.8 Å². The Labute approximate surface area is 142 Å². The quantitative estimate of drug-likeness (QED) is 0.625. The Bertz CT molecular complexity index is 1070. The van der Waals surface area contributed by atoms with Crippen LogP contribution in [-0.2, 0) is 6.67 Å². The number of rotatable bonds is 3. The van der Waals surface area contributed by atoms with Crippen molar-refractivity contribution in [3.05, 3.63) is 70.6 Å². The van der Waals surface area contributed by atoms with Gasteiger partial charge >= 0.3 is 0 Å². The van der Waals surface area contributed by atoms with Crippen LogP contribution in [0.4, 0.5) is 0 Å². The van der Waals surface area contributed by atoms with E-state index in [2.05, 4.69) is 9.97 Å². The van der Waals surface area contributed by atoms with Gasteiger partial charge in [-0.3, -0.25) is 14.3 Å². The second-order valence-corrected chi connectivity index (χ2v) is 6.16. The summed E-state index contributed by atoms with van der Waals surface area (Å²) in [6.07, 6.45) is 3.46. The van der Waals surface area contributed by atoms with Gasteiger partial charge in [0.2, 0.25) is 0 Å². The number of aromatic nitrogens is 3. The van der Waals surface area contributed by atoms with Crippen LogP contribution in [0.1, 0.15) is 0 Å². The number of pyridine rings is 2. The molecule has 0 atom stereocenters. The molecule has 6 heteroatoms. The summed E-state index contributed by atoms with van der Waals surface area (Å²) < 4.78 is 1.58. The van der Waals surface area contributed by atoms with E-state index in [1.165, 1.54) is 11.3 Å². The molecule has 4 aromatic rings. The van der Waals surface area contributed by atoms with Gasteiger partial charge in [-0.25, -0.2) is 4.98 Å². The Morgan fingerprint density at radius 2 is 1.92 bits per heavy atom. The lowest BCUT2D eigenvalue weighted by Crippen LogP contribution is -2.25. The van der Waals surface area contributed by atoms with Crippen LogP contribution in [0.2, 0.25) is 0 Å². The molecule has 3 aromatic heterocycles. The predicted molar refractivity (Wildman–Crippen MR) is 96.7 cm³/mol. The van der Waals surface area contributed by atoms with Crippen molar-refractivity contribution in [2.24, 2.45) is 5.73 Å².